The quantitative estimate of drug-likeness (QED) is 0.600. The van der Waals surface area contributed by atoms with Crippen molar-refractivity contribution < 1.29 is 32.3 Å². The summed E-state index contributed by atoms with van der Waals surface area (Å²) in [6.45, 7) is 2.43. The van der Waals surface area contributed by atoms with Gasteiger partial charge in [-0.25, -0.2) is 4.79 Å². The molecule has 1 aromatic carbocycles. The predicted molar refractivity (Wildman–Crippen MR) is 114 cm³/mol. The van der Waals surface area contributed by atoms with E-state index in [2.05, 4.69) is 10.6 Å². The molecule has 3 aliphatic rings. The Morgan fingerprint density at radius 3 is 2.35 bits per heavy atom. The van der Waals surface area contributed by atoms with Crippen LogP contribution in [0.1, 0.15) is 25.3 Å². The van der Waals surface area contributed by atoms with E-state index in [9.17, 15) is 32.3 Å². The van der Waals surface area contributed by atoms with Gasteiger partial charge in [-0.15, -0.1) is 0 Å². The fraction of sp³-hybridized carbons (Fsp3) is 0.545. The molecule has 0 bridgehead atoms. The zero-order chi connectivity index (χ0) is 24.7. The van der Waals surface area contributed by atoms with Crippen LogP contribution in [0.2, 0.25) is 0 Å². The number of carbonyl (C=O) groups excluding carboxylic acids is 4. The van der Waals surface area contributed by atoms with E-state index in [-0.39, 0.29) is 49.6 Å². The van der Waals surface area contributed by atoms with E-state index < -0.39 is 29.2 Å². The number of nitrogens with zero attached hydrogens (tertiary/aromatic N) is 3. The van der Waals surface area contributed by atoms with Gasteiger partial charge in [-0.1, -0.05) is 12.1 Å². The van der Waals surface area contributed by atoms with Crippen LogP contribution >= 0.6 is 0 Å². The highest BCUT2D eigenvalue weighted by Gasteiger charge is 2.56. The Labute approximate surface area is 194 Å². The Balaban J connectivity index is 1.26. The summed E-state index contributed by atoms with van der Waals surface area (Å²) < 4.78 is 39.3. The zero-order valence-corrected chi connectivity index (χ0v) is 18.7. The molecule has 184 valence electrons. The second kappa shape index (κ2) is 8.90. The summed E-state index contributed by atoms with van der Waals surface area (Å²) >= 11 is 0. The SMILES string of the molecule is CC1(C2CC2)NC(=O)N(CC(=O)N2CCN(CC(=O)Nc3ccccc3C(F)(F)F)CC2)C1=O. The van der Waals surface area contributed by atoms with E-state index in [0.717, 1.165) is 23.8 Å². The molecule has 2 saturated heterocycles. The third-order valence-corrected chi connectivity index (χ3v) is 6.59. The number of alkyl halides is 3. The predicted octanol–water partition coefficient (Wildman–Crippen LogP) is 1.51. The first kappa shape index (κ1) is 24.0. The van der Waals surface area contributed by atoms with Gasteiger partial charge in [0.1, 0.15) is 12.1 Å². The van der Waals surface area contributed by atoms with Crippen LogP contribution in [0.5, 0.6) is 0 Å². The number of anilines is 1. The van der Waals surface area contributed by atoms with E-state index in [1.54, 1.807) is 11.8 Å². The summed E-state index contributed by atoms with van der Waals surface area (Å²) in [4.78, 5) is 54.2. The molecule has 12 heteroatoms. The van der Waals surface area contributed by atoms with Gasteiger partial charge in [0.15, 0.2) is 0 Å². The number of para-hydroxylation sites is 1. The average molecular weight is 481 g/mol. The van der Waals surface area contributed by atoms with Crippen LogP contribution in [0.15, 0.2) is 24.3 Å². The Kier molecular flexibility index (Phi) is 6.28. The standard InChI is InChI=1S/C22H26F3N5O4/c1-21(14-6-7-14)19(33)30(20(34)27-21)13-18(32)29-10-8-28(9-11-29)12-17(31)26-16-5-3-2-4-15(16)22(23,24)25/h2-5,14H,6-13H2,1H3,(H,26,31)(H,27,34). The van der Waals surface area contributed by atoms with Crippen molar-refractivity contribution in [3.8, 4) is 0 Å². The number of nitrogens with one attached hydrogen (secondary N) is 2. The summed E-state index contributed by atoms with van der Waals surface area (Å²) in [7, 11) is 0. The van der Waals surface area contributed by atoms with Crippen LogP contribution in [-0.2, 0) is 20.6 Å². The number of imide groups is 1. The Hall–Kier alpha value is -3.15. The molecule has 0 radical (unpaired) electrons. The number of hydrogen-bond donors (Lipinski definition) is 2. The molecule has 0 aromatic heterocycles. The molecular weight excluding hydrogens is 455 g/mol. The molecule has 1 saturated carbocycles. The first-order valence-electron chi connectivity index (χ1n) is 11.1. The Morgan fingerprint density at radius 1 is 1.09 bits per heavy atom. The van der Waals surface area contributed by atoms with Gasteiger partial charge in [0.2, 0.25) is 11.8 Å². The first-order chi connectivity index (χ1) is 16.0. The molecule has 4 rings (SSSR count). The van der Waals surface area contributed by atoms with Crippen molar-refractivity contribution in [3.05, 3.63) is 29.8 Å². The summed E-state index contributed by atoms with van der Waals surface area (Å²) in [5, 5.41) is 5.01. The van der Waals surface area contributed by atoms with Gasteiger partial charge in [0.25, 0.3) is 5.91 Å². The van der Waals surface area contributed by atoms with Crippen molar-refractivity contribution >= 4 is 29.4 Å². The maximum absolute atomic E-state index is 13.1. The van der Waals surface area contributed by atoms with Crippen molar-refractivity contribution in [2.45, 2.75) is 31.5 Å². The number of rotatable bonds is 6. The molecule has 1 unspecified atom stereocenters. The number of urea groups is 1. The molecule has 1 atom stereocenters. The topological polar surface area (TPSA) is 102 Å². The molecule has 1 aliphatic carbocycles. The lowest BCUT2D eigenvalue weighted by Crippen LogP contribution is -2.53. The largest absolute Gasteiger partial charge is 0.418 e. The molecule has 2 heterocycles. The van der Waals surface area contributed by atoms with Crippen molar-refractivity contribution in [1.82, 2.24) is 20.0 Å². The normalized spacial score (nSPS) is 23.8. The van der Waals surface area contributed by atoms with Gasteiger partial charge in [-0.3, -0.25) is 24.2 Å². The van der Waals surface area contributed by atoms with E-state index in [4.69, 9.17) is 0 Å². The molecule has 1 aromatic rings. The minimum Gasteiger partial charge on any atom is -0.339 e. The van der Waals surface area contributed by atoms with E-state index in [0.29, 0.717) is 13.1 Å². The molecule has 5 amide bonds. The van der Waals surface area contributed by atoms with Crippen LogP contribution < -0.4 is 10.6 Å². The molecular formula is C22H26F3N5O4. The molecule has 0 spiro atoms. The molecule has 34 heavy (non-hydrogen) atoms. The number of amides is 5. The van der Waals surface area contributed by atoms with E-state index in [1.807, 2.05) is 0 Å². The minimum atomic E-state index is -4.58. The number of carbonyl (C=O) groups is 4. The molecule has 2 N–H and O–H groups in total. The number of piperazine rings is 1. The summed E-state index contributed by atoms with van der Waals surface area (Å²) in [5.41, 5.74) is -2.17. The molecule has 3 fully saturated rings. The fourth-order valence-electron chi connectivity index (χ4n) is 4.42. The van der Waals surface area contributed by atoms with Crippen LogP contribution in [-0.4, -0.2) is 83.3 Å². The van der Waals surface area contributed by atoms with Gasteiger partial charge in [-0.2, -0.15) is 13.2 Å². The minimum absolute atomic E-state index is 0.0989. The lowest BCUT2D eigenvalue weighted by atomic mass is 9.96. The van der Waals surface area contributed by atoms with Crippen LogP contribution in [0, 0.1) is 5.92 Å². The van der Waals surface area contributed by atoms with Gasteiger partial charge < -0.3 is 15.5 Å². The van der Waals surface area contributed by atoms with Gasteiger partial charge in [0, 0.05) is 26.2 Å². The van der Waals surface area contributed by atoms with Crippen molar-refractivity contribution in [1.29, 1.82) is 0 Å². The highest BCUT2D eigenvalue weighted by Crippen LogP contribution is 2.42. The van der Waals surface area contributed by atoms with E-state index >= 15 is 0 Å². The van der Waals surface area contributed by atoms with Crippen LogP contribution in [0.4, 0.5) is 23.7 Å². The summed E-state index contributed by atoms with van der Waals surface area (Å²) in [5.74, 6) is -1.24. The lowest BCUT2D eigenvalue weighted by Gasteiger charge is -2.35. The van der Waals surface area contributed by atoms with Gasteiger partial charge >= 0.3 is 12.2 Å². The third kappa shape index (κ3) is 4.86. The Morgan fingerprint density at radius 2 is 1.74 bits per heavy atom. The Bertz CT molecular complexity index is 1000. The van der Waals surface area contributed by atoms with Crippen LogP contribution in [0.3, 0.4) is 0 Å². The monoisotopic (exact) mass is 481 g/mol. The second-order valence-electron chi connectivity index (χ2n) is 9.05. The number of halogens is 3. The highest BCUT2D eigenvalue weighted by atomic mass is 19.4. The summed E-state index contributed by atoms with van der Waals surface area (Å²) in [6.07, 6.45) is -2.86. The first-order valence-corrected chi connectivity index (χ1v) is 11.1. The number of benzene rings is 1. The highest BCUT2D eigenvalue weighted by molar-refractivity contribution is 6.09. The maximum Gasteiger partial charge on any atom is 0.418 e. The average Bonchev–Trinajstić information content (AvgIpc) is 3.60. The maximum atomic E-state index is 13.1. The van der Waals surface area contributed by atoms with Gasteiger partial charge in [-0.05, 0) is 37.8 Å². The van der Waals surface area contributed by atoms with E-state index in [1.165, 1.54) is 23.1 Å². The fourth-order valence-corrected chi connectivity index (χ4v) is 4.42. The molecule has 2 aliphatic heterocycles. The number of hydrogen-bond acceptors (Lipinski definition) is 5. The second-order valence-corrected chi connectivity index (χ2v) is 9.05. The molecule has 9 nitrogen and oxygen atoms in total. The lowest BCUT2D eigenvalue weighted by molar-refractivity contribution is -0.140. The summed E-state index contributed by atoms with van der Waals surface area (Å²) in [6, 6.07) is 4.19. The van der Waals surface area contributed by atoms with Crippen molar-refractivity contribution in [2.75, 3.05) is 44.6 Å². The van der Waals surface area contributed by atoms with Gasteiger partial charge in [0.05, 0.1) is 17.8 Å². The zero-order valence-electron chi connectivity index (χ0n) is 18.7. The van der Waals surface area contributed by atoms with Crippen molar-refractivity contribution in [3.63, 3.8) is 0 Å². The van der Waals surface area contributed by atoms with Crippen LogP contribution in [0.25, 0.3) is 0 Å². The van der Waals surface area contributed by atoms with Crippen molar-refractivity contribution in [2.24, 2.45) is 5.92 Å². The third-order valence-electron chi connectivity index (χ3n) is 6.59. The smallest absolute Gasteiger partial charge is 0.339 e.